The van der Waals surface area contributed by atoms with Crippen LogP contribution in [0.5, 0.6) is 0 Å². The van der Waals surface area contributed by atoms with Crippen molar-refractivity contribution in [1.82, 2.24) is 5.32 Å². The van der Waals surface area contributed by atoms with Gasteiger partial charge in [0.25, 0.3) is 0 Å². The van der Waals surface area contributed by atoms with Crippen molar-refractivity contribution in [1.29, 1.82) is 0 Å². The average molecular weight is 304 g/mol. The van der Waals surface area contributed by atoms with Crippen molar-refractivity contribution in [2.45, 2.75) is 64.5 Å². The Morgan fingerprint density at radius 2 is 1.95 bits per heavy atom. The first kappa shape index (κ1) is 15.8. The van der Waals surface area contributed by atoms with Crippen molar-refractivity contribution >= 4 is 5.69 Å². The smallest absolute Gasteiger partial charge is 0.146 e. The van der Waals surface area contributed by atoms with Crippen LogP contribution < -0.4 is 10.2 Å². The molecule has 1 saturated carbocycles. The zero-order valence-corrected chi connectivity index (χ0v) is 13.9. The Balaban J connectivity index is 1.68. The van der Waals surface area contributed by atoms with E-state index in [0.717, 1.165) is 24.3 Å². The van der Waals surface area contributed by atoms with Crippen LogP contribution in [0.2, 0.25) is 0 Å². The van der Waals surface area contributed by atoms with Crippen molar-refractivity contribution in [2.24, 2.45) is 5.92 Å². The van der Waals surface area contributed by atoms with Crippen molar-refractivity contribution in [2.75, 3.05) is 18.0 Å². The van der Waals surface area contributed by atoms with E-state index in [-0.39, 0.29) is 11.9 Å². The van der Waals surface area contributed by atoms with Gasteiger partial charge in [-0.3, -0.25) is 0 Å². The summed E-state index contributed by atoms with van der Waals surface area (Å²) in [6.45, 7) is 6.37. The normalized spacial score (nSPS) is 24.7. The number of hydrogen-bond donors (Lipinski definition) is 1. The quantitative estimate of drug-likeness (QED) is 0.870. The molecule has 1 aromatic rings. The van der Waals surface area contributed by atoms with Gasteiger partial charge in [0, 0.05) is 25.2 Å². The van der Waals surface area contributed by atoms with Gasteiger partial charge in [-0.25, -0.2) is 4.39 Å². The van der Waals surface area contributed by atoms with Gasteiger partial charge in [-0.1, -0.05) is 25.8 Å². The summed E-state index contributed by atoms with van der Waals surface area (Å²) in [5.41, 5.74) is 1.85. The highest BCUT2D eigenvalue weighted by molar-refractivity contribution is 5.50. The first-order valence-electron chi connectivity index (χ1n) is 8.94. The lowest BCUT2D eigenvalue weighted by molar-refractivity contribution is 0.441. The number of piperidine rings is 1. The summed E-state index contributed by atoms with van der Waals surface area (Å²) in [5.74, 6) is 0.599. The number of hydrogen-bond acceptors (Lipinski definition) is 2. The molecule has 1 aliphatic carbocycles. The molecule has 1 heterocycles. The molecule has 1 aromatic carbocycles. The van der Waals surface area contributed by atoms with Gasteiger partial charge >= 0.3 is 0 Å². The van der Waals surface area contributed by atoms with Crippen LogP contribution in [0.1, 0.15) is 64.0 Å². The highest BCUT2D eigenvalue weighted by Gasteiger charge is 2.21. The average Bonchev–Trinajstić information content (AvgIpc) is 3.00. The van der Waals surface area contributed by atoms with E-state index in [1.807, 2.05) is 6.07 Å². The number of nitrogens with zero attached hydrogens (tertiary/aromatic N) is 1. The Morgan fingerprint density at radius 1 is 1.18 bits per heavy atom. The number of benzene rings is 1. The molecule has 3 rings (SSSR count). The van der Waals surface area contributed by atoms with Gasteiger partial charge in [-0.2, -0.15) is 0 Å². The Morgan fingerprint density at radius 3 is 2.64 bits per heavy atom. The van der Waals surface area contributed by atoms with Gasteiger partial charge in [0.15, 0.2) is 0 Å². The molecule has 2 nitrogen and oxygen atoms in total. The minimum absolute atomic E-state index is 0.0633. The molecule has 2 fully saturated rings. The van der Waals surface area contributed by atoms with Crippen molar-refractivity contribution in [3.63, 3.8) is 0 Å². The third kappa shape index (κ3) is 3.62. The molecular formula is C19H29FN2. The Kier molecular flexibility index (Phi) is 5.02. The van der Waals surface area contributed by atoms with Gasteiger partial charge in [0.05, 0.1) is 5.69 Å². The summed E-state index contributed by atoms with van der Waals surface area (Å²) < 4.78 is 14.6. The highest BCUT2D eigenvalue weighted by atomic mass is 19.1. The minimum Gasteiger partial charge on any atom is -0.369 e. The van der Waals surface area contributed by atoms with Crippen molar-refractivity contribution < 1.29 is 4.39 Å². The van der Waals surface area contributed by atoms with Crippen LogP contribution in [0.3, 0.4) is 0 Å². The minimum atomic E-state index is -0.0633. The first-order valence-corrected chi connectivity index (χ1v) is 8.94. The summed E-state index contributed by atoms with van der Waals surface area (Å²) in [6, 6.07) is 6.66. The summed E-state index contributed by atoms with van der Waals surface area (Å²) in [5, 5.41) is 3.65. The zero-order valence-electron chi connectivity index (χ0n) is 13.9. The van der Waals surface area contributed by atoms with Crippen LogP contribution in [-0.2, 0) is 0 Å². The van der Waals surface area contributed by atoms with E-state index >= 15 is 0 Å². The van der Waals surface area contributed by atoms with E-state index in [0.29, 0.717) is 12.0 Å². The van der Waals surface area contributed by atoms with Crippen LogP contribution >= 0.6 is 0 Å². The predicted molar refractivity (Wildman–Crippen MR) is 90.8 cm³/mol. The third-order valence-corrected chi connectivity index (χ3v) is 5.31. The maximum atomic E-state index is 14.6. The molecule has 22 heavy (non-hydrogen) atoms. The largest absolute Gasteiger partial charge is 0.369 e. The second-order valence-corrected chi connectivity index (χ2v) is 7.27. The fourth-order valence-corrected chi connectivity index (χ4v) is 4.00. The molecule has 1 saturated heterocycles. The Labute approximate surface area is 134 Å². The summed E-state index contributed by atoms with van der Waals surface area (Å²) in [6.07, 6.45) is 7.60. The number of anilines is 1. The van der Waals surface area contributed by atoms with E-state index < -0.39 is 0 Å². The van der Waals surface area contributed by atoms with Crippen LogP contribution in [0, 0.1) is 11.7 Å². The lowest BCUT2D eigenvalue weighted by atomic mass is 9.99. The molecule has 0 bridgehead atoms. The summed E-state index contributed by atoms with van der Waals surface area (Å²) in [7, 11) is 0. The fraction of sp³-hybridized carbons (Fsp3) is 0.684. The standard InChI is InChI=1S/C19H29FN2/c1-14-6-5-11-22(13-14)19-10-9-16(12-18(19)20)15(2)21-17-7-3-4-8-17/h9-10,12,14-15,17,21H,3-8,11,13H2,1-2H3/t14-,15+/m0/s1. The molecule has 0 radical (unpaired) electrons. The van der Waals surface area contributed by atoms with Gasteiger partial charge < -0.3 is 10.2 Å². The lowest BCUT2D eigenvalue weighted by Crippen LogP contribution is -2.35. The number of nitrogens with one attached hydrogen (secondary N) is 1. The number of halogens is 1. The van der Waals surface area contributed by atoms with E-state index in [1.54, 1.807) is 6.07 Å². The second kappa shape index (κ2) is 6.99. The van der Waals surface area contributed by atoms with Crippen LogP contribution in [0.15, 0.2) is 18.2 Å². The summed E-state index contributed by atoms with van der Waals surface area (Å²) in [4.78, 5) is 2.21. The maximum absolute atomic E-state index is 14.6. The van der Waals surface area contributed by atoms with Crippen LogP contribution in [-0.4, -0.2) is 19.1 Å². The SMILES string of the molecule is C[C@H]1CCCN(c2ccc([C@@H](C)NC3CCCC3)cc2F)C1. The maximum Gasteiger partial charge on any atom is 0.146 e. The molecule has 0 unspecified atom stereocenters. The predicted octanol–water partition coefficient (Wildman–Crippen LogP) is 4.66. The first-order chi connectivity index (χ1) is 10.6. The van der Waals surface area contributed by atoms with E-state index in [2.05, 4.69) is 30.1 Å². The lowest BCUT2D eigenvalue weighted by Gasteiger charge is -2.33. The van der Waals surface area contributed by atoms with Gasteiger partial charge in [-0.15, -0.1) is 0 Å². The van der Waals surface area contributed by atoms with E-state index in [9.17, 15) is 4.39 Å². The third-order valence-electron chi connectivity index (χ3n) is 5.31. The second-order valence-electron chi connectivity index (χ2n) is 7.27. The Hall–Kier alpha value is -1.09. The van der Waals surface area contributed by atoms with Crippen molar-refractivity contribution in [3.8, 4) is 0 Å². The molecule has 1 aliphatic heterocycles. The van der Waals surface area contributed by atoms with Gasteiger partial charge in [0.2, 0.25) is 0 Å². The highest BCUT2D eigenvalue weighted by Crippen LogP contribution is 2.28. The Bertz CT molecular complexity index is 496. The molecule has 1 N–H and O–H groups in total. The fourth-order valence-electron chi connectivity index (χ4n) is 4.00. The molecular weight excluding hydrogens is 275 g/mol. The van der Waals surface area contributed by atoms with Crippen molar-refractivity contribution in [3.05, 3.63) is 29.6 Å². The van der Waals surface area contributed by atoms with Gasteiger partial charge in [0.1, 0.15) is 5.82 Å². The molecule has 122 valence electrons. The molecule has 0 amide bonds. The molecule has 0 aromatic heterocycles. The van der Waals surface area contributed by atoms with Crippen LogP contribution in [0.4, 0.5) is 10.1 Å². The van der Waals surface area contributed by atoms with Gasteiger partial charge in [-0.05, 0) is 56.2 Å². The molecule has 2 atom stereocenters. The molecule has 2 aliphatic rings. The molecule has 3 heteroatoms. The molecule has 0 spiro atoms. The zero-order chi connectivity index (χ0) is 15.5. The van der Waals surface area contributed by atoms with Crippen LogP contribution in [0.25, 0.3) is 0 Å². The number of rotatable bonds is 4. The topological polar surface area (TPSA) is 15.3 Å². The van der Waals surface area contributed by atoms with E-state index in [1.165, 1.54) is 38.5 Å². The monoisotopic (exact) mass is 304 g/mol. The van der Waals surface area contributed by atoms with E-state index in [4.69, 9.17) is 0 Å². The summed E-state index contributed by atoms with van der Waals surface area (Å²) >= 11 is 0.